The van der Waals surface area contributed by atoms with Crippen LogP contribution in [0.3, 0.4) is 0 Å². The molecule has 96 valence electrons. The zero-order chi connectivity index (χ0) is 12.7. The topological polar surface area (TPSA) is 139 Å². The SMILES string of the molecule is O=c1nccc(NCOCOCP(=O)([O-])[O-])[nH]1.[Na+].[Na+]. The number of nitrogens with zero attached hydrogens (tertiary/aromatic N) is 1. The molecule has 0 atom stereocenters. The van der Waals surface area contributed by atoms with Gasteiger partial charge in [-0.05, 0) is 13.7 Å². The Labute approximate surface area is 153 Å². The average Bonchev–Trinajstić information content (AvgIpc) is 2.22. The maximum Gasteiger partial charge on any atom is 1.00 e. The number of H-pyrrole nitrogens is 1. The van der Waals surface area contributed by atoms with Crippen LogP contribution < -0.4 is 79.9 Å². The van der Waals surface area contributed by atoms with Crippen molar-refractivity contribution in [3.05, 3.63) is 22.7 Å². The van der Waals surface area contributed by atoms with E-state index in [0.717, 1.165) is 0 Å². The van der Waals surface area contributed by atoms with Crippen LogP contribution in [0.15, 0.2) is 17.1 Å². The average molecular weight is 309 g/mol. The van der Waals surface area contributed by atoms with Gasteiger partial charge in [0.05, 0.1) is 6.35 Å². The van der Waals surface area contributed by atoms with Crippen LogP contribution in [0.5, 0.6) is 0 Å². The number of aromatic amines is 1. The molecule has 12 heteroatoms. The molecule has 1 aromatic heterocycles. The molecule has 1 rings (SSSR count). The van der Waals surface area contributed by atoms with Crippen molar-refractivity contribution in [2.75, 3.05) is 25.2 Å². The second-order valence-electron chi connectivity index (χ2n) is 2.88. The first-order valence-corrected chi connectivity index (χ1v) is 6.16. The summed E-state index contributed by atoms with van der Waals surface area (Å²) < 4.78 is 19.4. The Balaban J connectivity index is 0. The number of rotatable bonds is 7. The molecule has 0 aliphatic carbocycles. The van der Waals surface area contributed by atoms with E-state index in [1.165, 1.54) is 12.3 Å². The summed E-state index contributed by atoms with van der Waals surface area (Å²) in [6.45, 7) is -0.376. The molecule has 1 heterocycles. The first-order valence-electron chi connectivity index (χ1n) is 4.43. The summed E-state index contributed by atoms with van der Waals surface area (Å²) >= 11 is 0. The maximum absolute atomic E-state index is 10.8. The molecule has 0 aromatic carbocycles. The normalized spacial score (nSPS) is 10.2. The minimum atomic E-state index is -4.66. The summed E-state index contributed by atoms with van der Waals surface area (Å²) in [5.74, 6) is 0.392. The van der Waals surface area contributed by atoms with E-state index < -0.39 is 19.6 Å². The van der Waals surface area contributed by atoms with E-state index in [-0.39, 0.29) is 72.6 Å². The van der Waals surface area contributed by atoms with Crippen LogP contribution in [0.25, 0.3) is 0 Å². The van der Waals surface area contributed by atoms with Crippen molar-refractivity contribution in [1.29, 1.82) is 0 Å². The zero-order valence-electron chi connectivity index (χ0n) is 10.6. The third-order valence-corrected chi connectivity index (χ3v) is 1.95. The number of hydrogen-bond donors (Lipinski definition) is 2. The van der Waals surface area contributed by atoms with Gasteiger partial charge in [0.2, 0.25) is 0 Å². The van der Waals surface area contributed by atoms with Gasteiger partial charge in [-0.25, -0.2) is 9.78 Å². The molecule has 0 amide bonds. The summed E-state index contributed by atoms with van der Waals surface area (Å²) in [6.07, 6.45) is 0.391. The Morgan fingerprint density at radius 1 is 1.37 bits per heavy atom. The number of ether oxygens (including phenoxy) is 2. The molecule has 0 bridgehead atoms. The largest absolute Gasteiger partial charge is 1.00 e. The van der Waals surface area contributed by atoms with Crippen LogP contribution in [0.2, 0.25) is 0 Å². The first-order chi connectivity index (χ1) is 7.97. The van der Waals surface area contributed by atoms with Gasteiger partial charge in [-0.3, -0.25) is 4.98 Å². The van der Waals surface area contributed by atoms with Crippen LogP contribution in [0.4, 0.5) is 5.82 Å². The molecule has 2 N–H and O–H groups in total. The van der Waals surface area contributed by atoms with Crippen molar-refractivity contribution in [2.45, 2.75) is 0 Å². The van der Waals surface area contributed by atoms with Gasteiger partial charge >= 0.3 is 64.8 Å². The predicted molar refractivity (Wildman–Crippen MR) is 52.9 cm³/mol. The van der Waals surface area contributed by atoms with Crippen molar-refractivity contribution in [2.24, 2.45) is 0 Å². The van der Waals surface area contributed by atoms with Gasteiger partial charge in [-0.2, -0.15) is 0 Å². The number of hydrogen-bond acceptors (Lipinski definition) is 8. The monoisotopic (exact) mass is 309 g/mol. The van der Waals surface area contributed by atoms with Crippen LogP contribution in [-0.4, -0.2) is 29.8 Å². The predicted octanol–water partition coefficient (Wildman–Crippen LogP) is -7.99. The van der Waals surface area contributed by atoms with Gasteiger partial charge < -0.3 is 29.1 Å². The minimum Gasteiger partial charge on any atom is -0.809 e. The molecule has 0 aliphatic heterocycles. The molecule has 19 heavy (non-hydrogen) atoms. The van der Waals surface area contributed by atoms with Crippen molar-refractivity contribution >= 4 is 13.4 Å². The van der Waals surface area contributed by atoms with Gasteiger partial charge in [-0.15, -0.1) is 0 Å². The second kappa shape index (κ2) is 11.4. The Morgan fingerprint density at radius 2 is 2.05 bits per heavy atom. The van der Waals surface area contributed by atoms with Crippen molar-refractivity contribution in [3.8, 4) is 0 Å². The molecular formula is C7H10N3Na2O6P. The summed E-state index contributed by atoms with van der Waals surface area (Å²) in [5.41, 5.74) is -0.509. The summed E-state index contributed by atoms with van der Waals surface area (Å²) in [4.78, 5) is 36.9. The molecule has 0 radical (unpaired) electrons. The maximum atomic E-state index is 10.8. The minimum absolute atomic E-state index is 0. The van der Waals surface area contributed by atoms with Crippen LogP contribution >= 0.6 is 7.60 Å². The van der Waals surface area contributed by atoms with Gasteiger partial charge in [0.25, 0.3) is 0 Å². The smallest absolute Gasteiger partial charge is 0.809 e. The van der Waals surface area contributed by atoms with Crippen LogP contribution in [0, 0.1) is 0 Å². The van der Waals surface area contributed by atoms with E-state index in [0.29, 0.717) is 5.82 Å². The second-order valence-corrected chi connectivity index (χ2v) is 4.36. The molecule has 0 saturated carbocycles. The molecular weight excluding hydrogens is 299 g/mol. The number of nitrogens with one attached hydrogen (secondary N) is 2. The Morgan fingerprint density at radius 3 is 2.63 bits per heavy atom. The molecule has 9 nitrogen and oxygen atoms in total. The number of aromatic nitrogens is 2. The molecule has 0 fully saturated rings. The fourth-order valence-corrected chi connectivity index (χ4v) is 1.15. The molecule has 0 spiro atoms. The van der Waals surface area contributed by atoms with Crippen molar-refractivity contribution < 1.29 is 82.9 Å². The fourth-order valence-electron chi connectivity index (χ4n) is 0.850. The van der Waals surface area contributed by atoms with Crippen molar-refractivity contribution in [3.63, 3.8) is 0 Å². The number of anilines is 1. The molecule has 0 unspecified atom stereocenters. The molecule has 0 saturated heterocycles. The Kier molecular flexibility index (Phi) is 13.2. The fraction of sp³-hybridized carbons (Fsp3) is 0.429. The van der Waals surface area contributed by atoms with E-state index in [1.54, 1.807) is 0 Å². The van der Waals surface area contributed by atoms with Gasteiger partial charge in [0, 0.05) is 6.20 Å². The molecule has 0 aliphatic rings. The Bertz CT molecular complexity index is 452. The molecule has 1 aromatic rings. The van der Waals surface area contributed by atoms with E-state index in [4.69, 9.17) is 4.74 Å². The van der Waals surface area contributed by atoms with Gasteiger partial charge in [0.1, 0.15) is 19.3 Å². The Hall–Kier alpha value is 0.750. The van der Waals surface area contributed by atoms with Gasteiger partial charge in [0.15, 0.2) is 0 Å². The summed E-state index contributed by atoms with van der Waals surface area (Å²) in [6, 6.07) is 1.51. The van der Waals surface area contributed by atoms with E-state index in [1.807, 2.05) is 0 Å². The van der Waals surface area contributed by atoms with E-state index in [2.05, 4.69) is 20.0 Å². The van der Waals surface area contributed by atoms with Gasteiger partial charge in [-0.1, -0.05) is 0 Å². The summed E-state index contributed by atoms with van der Waals surface area (Å²) in [5, 5.41) is 2.66. The standard InChI is InChI=1S/C7H12N3O6P.2Na/c11-7-8-2-1-6(10-7)9-3-15-4-16-5-17(12,13)14;;/h1-2H,3-5H2,(H2,12,13,14)(H2,8,9,10,11);;/q;2*+1/p-2. The zero-order valence-corrected chi connectivity index (χ0v) is 15.5. The third kappa shape index (κ3) is 12.2. The van der Waals surface area contributed by atoms with E-state index in [9.17, 15) is 19.1 Å². The summed E-state index contributed by atoms with van der Waals surface area (Å²) in [7, 11) is -4.66. The van der Waals surface area contributed by atoms with E-state index >= 15 is 0 Å². The van der Waals surface area contributed by atoms with Crippen LogP contribution in [-0.2, 0) is 14.0 Å². The third-order valence-electron chi connectivity index (χ3n) is 1.46. The van der Waals surface area contributed by atoms with Crippen LogP contribution in [0.1, 0.15) is 0 Å². The van der Waals surface area contributed by atoms with Crippen molar-refractivity contribution in [1.82, 2.24) is 9.97 Å². The first kappa shape index (κ1) is 22.0. The quantitative estimate of drug-likeness (QED) is 0.219.